The molecule has 0 aromatic heterocycles. The average Bonchev–Trinajstić information content (AvgIpc) is 2.34. The van der Waals surface area contributed by atoms with Crippen LogP contribution in [0.2, 0.25) is 0 Å². The van der Waals surface area contributed by atoms with Gasteiger partial charge in [0.25, 0.3) is 0 Å². The molecule has 0 N–H and O–H groups in total. The minimum absolute atomic E-state index is 0.256. The van der Waals surface area contributed by atoms with Crippen molar-refractivity contribution < 1.29 is 4.21 Å². The Morgan fingerprint density at radius 1 is 1.33 bits per heavy atom. The fraction of sp³-hybridized carbons (Fsp3) is 0.800. The van der Waals surface area contributed by atoms with E-state index in [4.69, 9.17) is 0 Å². The lowest BCUT2D eigenvalue weighted by Gasteiger charge is -2.24. The van der Waals surface area contributed by atoms with Gasteiger partial charge in [0.15, 0.2) is 0 Å². The van der Waals surface area contributed by atoms with Crippen LogP contribution >= 0.6 is 0 Å². The molecule has 1 fully saturated rings. The molecule has 3 heteroatoms. The van der Waals surface area contributed by atoms with Crippen molar-refractivity contribution in [2.75, 3.05) is 0 Å². The highest BCUT2D eigenvalue weighted by Gasteiger charge is 2.23. The molecule has 18 heavy (non-hydrogen) atoms. The minimum atomic E-state index is -1.12. The van der Waals surface area contributed by atoms with Crippen LogP contribution in [0.3, 0.4) is 0 Å². The van der Waals surface area contributed by atoms with Gasteiger partial charge in [0.2, 0.25) is 0 Å². The van der Waals surface area contributed by atoms with Crippen LogP contribution < -0.4 is 0 Å². The zero-order valence-corrected chi connectivity index (χ0v) is 12.9. The summed E-state index contributed by atoms with van der Waals surface area (Å²) < 4.78 is 16.5. The van der Waals surface area contributed by atoms with E-state index in [0.29, 0.717) is 5.92 Å². The van der Waals surface area contributed by atoms with Gasteiger partial charge in [-0.2, -0.15) is 4.40 Å². The second-order valence-corrected chi connectivity index (χ2v) is 8.01. The van der Waals surface area contributed by atoms with E-state index in [-0.39, 0.29) is 4.75 Å². The molecule has 0 bridgehead atoms. The summed E-state index contributed by atoms with van der Waals surface area (Å²) in [5.41, 5.74) is 1.17. The van der Waals surface area contributed by atoms with E-state index in [9.17, 15) is 4.21 Å². The average molecular weight is 269 g/mol. The highest BCUT2D eigenvalue weighted by Crippen LogP contribution is 2.27. The smallest absolute Gasteiger partial charge is 0.144 e. The van der Waals surface area contributed by atoms with Crippen LogP contribution in [0, 0.1) is 5.92 Å². The number of hydrogen-bond donors (Lipinski definition) is 0. The van der Waals surface area contributed by atoms with Crippen molar-refractivity contribution in [1.29, 1.82) is 0 Å². The summed E-state index contributed by atoms with van der Waals surface area (Å²) >= 11 is 0. The van der Waals surface area contributed by atoms with E-state index < -0.39 is 11.0 Å². The predicted octanol–water partition coefficient (Wildman–Crippen LogP) is 4.44. The monoisotopic (exact) mass is 269 g/mol. The van der Waals surface area contributed by atoms with E-state index >= 15 is 0 Å². The summed E-state index contributed by atoms with van der Waals surface area (Å²) in [6.07, 6.45) is 10.2. The fourth-order valence-corrected chi connectivity index (χ4v) is 2.98. The third-order valence-electron chi connectivity index (χ3n) is 3.41. The van der Waals surface area contributed by atoms with Gasteiger partial charge in [-0.25, -0.2) is 4.21 Å². The molecule has 1 atom stereocenters. The Hall–Kier alpha value is -0.440. The van der Waals surface area contributed by atoms with Crippen LogP contribution in [0.25, 0.3) is 0 Å². The molecule has 1 rings (SSSR count). The summed E-state index contributed by atoms with van der Waals surface area (Å²) in [6.45, 7) is 9.73. The maximum atomic E-state index is 12.2. The topological polar surface area (TPSA) is 29.4 Å². The quantitative estimate of drug-likeness (QED) is 0.536. The molecule has 1 unspecified atom stereocenters. The molecule has 2 nitrogen and oxygen atoms in total. The lowest BCUT2D eigenvalue weighted by atomic mass is 9.84. The van der Waals surface area contributed by atoms with Gasteiger partial charge < -0.3 is 0 Å². The molecular weight excluding hydrogens is 242 g/mol. The van der Waals surface area contributed by atoms with Gasteiger partial charge in [0.05, 0.1) is 4.75 Å². The summed E-state index contributed by atoms with van der Waals surface area (Å²) in [5, 5.41) is 0. The van der Waals surface area contributed by atoms with E-state index in [1.807, 2.05) is 26.8 Å². The number of allylic oxidation sites excluding steroid dienone is 1. The Balaban J connectivity index is 2.78. The Labute approximate surface area is 115 Å². The highest BCUT2D eigenvalue weighted by atomic mass is 32.2. The molecule has 0 radical (unpaired) electrons. The molecule has 0 heterocycles. The predicted molar refractivity (Wildman–Crippen MR) is 81.3 cm³/mol. The molecule has 0 amide bonds. The second-order valence-electron chi connectivity index (χ2n) is 6.11. The number of nitrogens with zero attached hydrogens (tertiary/aromatic N) is 1. The first-order valence-electron chi connectivity index (χ1n) is 7.05. The number of rotatable bonds is 5. The molecule has 104 valence electrons. The normalized spacial score (nSPS) is 20.7. The molecule has 0 saturated heterocycles. The fourth-order valence-electron chi connectivity index (χ4n) is 2.25. The van der Waals surface area contributed by atoms with E-state index in [1.165, 1.54) is 37.8 Å². The van der Waals surface area contributed by atoms with Crippen LogP contribution in [-0.4, -0.2) is 14.7 Å². The summed E-state index contributed by atoms with van der Waals surface area (Å²) in [4.78, 5) is 0. The third-order valence-corrected chi connectivity index (χ3v) is 4.85. The van der Waals surface area contributed by atoms with Crippen molar-refractivity contribution in [3.63, 3.8) is 0 Å². The Bertz CT molecular complexity index is 322. The first-order chi connectivity index (χ1) is 8.45. The summed E-state index contributed by atoms with van der Waals surface area (Å²) in [6, 6.07) is 0. The first kappa shape index (κ1) is 15.6. The molecule has 0 aliphatic heterocycles. The maximum Gasteiger partial charge on any atom is 0.144 e. The third kappa shape index (κ3) is 5.05. The first-order valence-corrected chi connectivity index (χ1v) is 8.16. The van der Waals surface area contributed by atoms with E-state index in [1.54, 1.807) is 0 Å². The molecule has 0 spiro atoms. The van der Waals surface area contributed by atoms with Crippen LogP contribution in [0.5, 0.6) is 0 Å². The second kappa shape index (κ2) is 7.22. The summed E-state index contributed by atoms with van der Waals surface area (Å²) in [5.74, 6) is 0.560. The van der Waals surface area contributed by atoms with Crippen molar-refractivity contribution >= 4 is 16.7 Å². The molecule has 1 aliphatic carbocycles. The van der Waals surface area contributed by atoms with Crippen molar-refractivity contribution in [2.24, 2.45) is 10.3 Å². The van der Waals surface area contributed by atoms with Gasteiger partial charge in [0.1, 0.15) is 11.0 Å². The van der Waals surface area contributed by atoms with Crippen LogP contribution in [-0.2, 0) is 11.0 Å². The minimum Gasteiger partial charge on any atom is -0.234 e. The van der Waals surface area contributed by atoms with Crippen LogP contribution in [0.4, 0.5) is 0 Å². The standard InChI is InChI=1S/C15H27NOS/c1-5-6-12-14(13-10-8-7-9-11-13)16-18(17)15(2,3)4/h5,13H,1,6-12H2,2-4H3/b16-14+. The maximum absolute atomic E-state index is 12.2. The summed E-state index contributed by atoms with van der Waals surface area (Å²) in [7, 11) is -1.12. The van der Waals surface area contributed by atoms with E-state index in [2.05, 4.69) is 11.0 Å². The largest absolute Gasteiger partial charge is 0.234 e. The van der Waals surface area contributed by atoms with Crippen molar-refractivity contribution in [3.05, 3.63) is 12.7 Å². The van der Waals surface area contributed by atoms with Crippen LogP contribution in [0.15, 0.2) is 17.1 Å². The van der Waals surface area contributed by atoms with Gasteiger partial charge in [0, 0.05) is 5.71 Å². The van der Waals surface area contributed by atoms with Gasteiger partial charge >= 0.3 is 0 Å². The Morgan fingerprint density at radius 2 is 1.94 bits per heavy atom. The molecular formula is C15H27NOS. The molecule has 0 aromatic rings. The van der Waals surface area contributed by atoms with Crippen molar-refractivity contribution in [1.82, 2.24) is 0 Å². The van der Waals surface area contributed by atoms with E-state index in [0.717, 1.165) is 12.8 Å². The van der Waals surface area contributed by atoms with Crippen molar-refractivity contribution in [2.45, 2.75) is 70.5 Å². The lowest BCUT2D eigenvalue weighted by Crippen LogP contribution is -2.24. The van der Waals surface area contributed by atoms with Crippen LogP contribution in [0.1, 0.15) is 65.7 Å². The molecule has 0 aromatic carbocycles. The lowest BCUT2D eigenvalue weighted by molar-refractivity contribution is 0.435. The Kier molecular flexibility index (Phi) is 6.27. The van der Waals surface area contributed by atoms with Gasteiger partial charge in [-0.15, -0.1) is 6.58 Å². The Morgan fingerprint density at radius 3 is 2.44 bits per heavy atom. The molecule has 1 saturated carbocycles. The highest BCUT2D eigenvalue weighted by molar-refractivity contribution is 7.85. The molecule has 1 aliphatic rings. The SMILES string of the molecule is C=CCC/C(=N\S(=O)C(C)(C)C)C1CCCCC1. The van der Waals surface area contributed by atoms with Gasteiger partial charge in [-0.05, 0) is 52.4 Å². The zero-order valence-electron chi connectivity index (χ0n) is 12.1. The van der Waals surface area contributed by atoms with Crippen molar-refractivity contribution in [3.8, 4) is 0 Å². The van der Waals surface area contributed by atoms with Gasteiger partial charge in [-0.1, -0.05) is 25.3 Å². The zero-order chi connectivity index (χ0) is 13.6. The number of hydrogen-bond acceptors (Lipinski definition) is 1. The van der Waals surface area contributed by atoms with Gasteiger partial charge in [-0.3, -0.25) is 0 Å².